The summed E-state index contributed by atoms with van der Waals surface area (Å²) in [4.78, 5) is 48.0. The maximum absolute atomic E-state index is 12.5. The Hall–Kier alpha value is -3.48. The molecular weight excluding hydrogens is 384 g/mol. The molecule has 7 heteroatoms. The lowest BCUT2D eigenvalue weighted by Gasteiger charge is -2.23. The fourth-order valence-electron chi connectivity index (χ4n) is 3.00. The fourth-order valence-corrected chi connectivity index (χ4v) is 3.00. The van der Waals surface area contributed by atoms with Gasteiger partial charge < -0.3 is 15.7 Å². The number of carbonyl (C=O) groups excluding carboxylic acids is 3. The van der Waals surface area contributed by atoms with E-state index in [-0.39, 0.29) is 24.0 Å². The summed E-state index contributed by atoms with van der Waals surface area (Å²) in [5.41, 5.74) is 1.72. The molecule has 2 amide bonds. The number of aliphatic carboxylic acids is 1. The third-order valence-corrected chi connectivity index (χ3v) is 4.61. The molecule has 0 aromatic heterocycles. The topological polar surface area (TPSA) is 113 Å². The van der Waals surface area contributed by atoms with Crippen molar-refractivity contribution in [2.24, 2.45) is 5.92 Å². The standard InChI is InChI=1S/C23H26N2O5/c1-14(2)20(24-15(3)26)22(28)25-19(23(29)30)13-16-9-11-18(12-10-16)21(27)17-7-5-4-6-8-17/h4-12,14,19-20H,13H2,1-3H3,(H,24,26)(H,25,28)(H,29,30)/t19-,20-/m1/s1. The van der Waals surface area contributed by atoms with Crippen molar-refractivity contribution in [1.29, 1.82) is 0 Å². The first-order chi connectivity index (χ1) is 14.2. The Labute approximate surface area is 175 Å². The molecule has 0 unspecified atom stereocenters. The average molecular weight is 410 g/mol. The molecule has 158 valence electrons. The van der Waals surface area contributed by atoms with Crippen molar-refractivity contribution >= 4 is 23.6 Å². The van der Waals surface area contributed by atoms with Crippen LogP contribution >= 0.6 is 0 Å². The average Bonchev–Trinajstić information content (AvgIpc) is 2.71. The van der Waals surface area contributed by atoms with Crippen molar-refractivity contribution in [3.05, 3.63) is 71.3 Å². The Morgan fingerprint density at radius 1 is 0.867 bits per heavy atom. The summed E-state index contributed by atoms with van der Waals surface area (Å²) in [5, 5.41) is 14.6. The summed E-state index contributed by atoms with van der Waals surface area (Å²) in [5.74, 6) is -2.43. The minimum atomic E-state index is -1.18. The quantitative estimate of drug-likeness (QED) is 0.549. The molecule has 0 fully saturated rings. The lowest BCUT2D eigenvalue weighted by atomic mass is 9.99. The van der Waals surface area contributed by atoms with Crippen molar-refractivity contribution in [2.45, 2.75) is 39.3 Å². The molecular formula is C23H26N2O5. The SMILES string of the molecule is CC(=O)N[C@@H](C(=O)N[C@H](Cc1ccc(C(=O)c2ccccc2)cc1)C(=O)O)C(C)C. The van der Waals surface area contributed by atoms with E-state index in [9.17, 15) is 24.3 Å². The van der Waals surface area contributed by atoms with Crippen LogP contribution in [0.15, 0.2) is 54.6 Å². The molecule has 2 aromatic carbocycles. The third kappa shape index (κ3) is 6.27. The zero-order chi connectivity index (χ0) is 22.3. The molecule has 0 aliphatic carbocycles. The zero-order valence-electron chi connectivity index (χ0n) is 17.2. The van der Waals surface area contributed by atoms with Crippen LogP contribution in [0.5, 0.6) is 0 Å². The van der Waals surface area contributed by atoms with Crippen LogP contribution in [-0.4, -0.2) is 40.8 Å². The van der Waals surface area contributed by atoms with Gasteiger partial charge in [-0.1, -0.05) is 68.4 Å². The number of ketones is 1. The highest BCUT2D eigenvalue weighted by molar-refractivity contribution is 6.08. The molecule has 0 bridgehead atoms. The van der Waals surface area contributed by atoms with Gasteiger partial charge in [-0.3, -0.25) is 14.4 Å². The second kappa shape index (κ2) is 10.3. The van der Waals surface area contributed by atoms with E-state index >= 15 is 0 Å². The molecule has 0 spiro atoms. The number of rotatable bonds is 9. The highest BCUT2D eigenvalue weighted by Gasteiger charge is 2.28. The molecule has 0 saturated heterocycles. The summed E-state index contributed by atoms with van der Waals surface area (Å²) >= 11 is 0. The molecule has 3 N–H and O–H groups in total. The van der Waals surface area contributed by atoms with Gasteiger partial charge >= 0.3 is 5.97 Å². The van der Waals surface area contributed by atoms with Gasteiger partial charge in [0, 0.05) is 24.5 Å². The van der Waals surface area contributed by atoms with Gasteiger partial charge in [-0.05, 0) is 11.5 Å². The van der Waals surface area contributed by atoms with E-state index < -0.39 is 24.0 Å². The number of hydrogen-bond acceptors (Lipinski definition) is 4. The number of benzene rings is 2. The van der Waals surface area contributed by atoms with Crippen LogP contribution < -0.4 is 10.6 Å². The van der Waals surface area contributed by atoms with Crippen molar-refractivity contribution in [3.63, 3.8) is 0 Å². The predicted molar refractivity (Wildman–Crippen MR) is 112 cm³/mol. The largest absolute Gasteiger partial charge is 0.480 e. The summed E-state index contributed by atoms with van der Waals surface area (Å²) in [6.07, 6.45) is 0.0474. The highest BCUT2D eigenvalue weighted by Crippen LogP contribution is 2.13. The van der Waals surface area contributed by atoms with E-state index in [1.807, 2.05) is 6.07 Å². The van der Waals surface area contributed by atoms with E-state index in [4.69, 9.17) is 0 Å². The van der Waals surface area contributed by atoms with E-state index in [0.717, 1.165) is 0 Å². The number of hydrogen-bond donors (Lipinski definition) is 3. The van der Waals surface area contributed by atoms with Crippen molar-refractivity contribution < 1.29 is 24.3 Å². The Balaban J connectivity index is 2.09. The van der Waals surface area contributed by atoms with E-state index in [1.165, 1.54) is 6.92 Å². The molecule has 0 aliphatic rings. The maximum Gasteiger partial charge on any atom is 0.326 e. The molecule has 0 saturated carbocycles. The van der Waals surface area contributed by atoms with Crippen LogP contribution in [0.4, 0.5) is 0 Å². The lowest BCUT2D eigenvalue weighted by Crippen LogP contribution is -2.53. The molecule has 0 aliphatic heterocycles. The number of carbonyl (C=O) groups is 4. The first-order valence-corrected chi connectivity index (χ1v) is 9.68. The monoisotopic (exact) mass is 410 g/mol. The Kier molecular flexibility index (Phi) is 7.86. The van der Waals surface area contributed by atoms with Gasteiger partial charge in [0.25, 0.3) is 0 Å². The first kappa shape index (κ1) is 22.8. The van der Waals surface area contributed by atoms with Gasteiger partial charge in [-0.25, -0.2) is 4.79 Å². The van der Waals surface area contributed by atoms with Crippen LogP contribution in [-0.2, 0) is 20.8 Å². The molecule has 2 rings (SSSR count). The molecule has 2 aromatic rings. The van der Waals surface area contributed by atoms with Gasteiger partial charge in [0.2, 0.25) is 11.8 Å². The van der Waals surface area contributed by atoms with E-state index in [0.29, 0.717) is 16.7 Å². The lowest BCUT2D eigenvalue weighted by molar-refractivity contribution is -0.142. The second-order valence-electron chi connectivity index (χ2n) is 7.42. The highest BCUT2D eigenvalue weighted by atomic mass is 16.4. The maximum atomic E-state index is 12.5. The van der Waals surface area contributed by atoms with Crippen LogP contribution in [0, 0.1) is 5.92 Å². The molecule has 0 radical (unpaired) electrons. The number of carboxylic acid groups (broad SMARTS) is 1. The minimum Gasteiger partial charge on any atom is -0.480 e. The predicted octanol–water partition coefficient (Wildman–Crippen LogP) is 2.19. The van der Waals surface area contributed by atoms with Gasteiger partial charge in [-0.15, -0.1) is 0 Å². The Morgan fingerprint density at radius 3 is 1.93 bits per heavy atom. The second-order valence-corrected chi connectivity index (χ2v) is 7.42. The van der Waals surface area contributed by atoms with Gasteiger partial charge in [-0.2, -0.15) is 0 Å². The minimum absolute atomic E-state index is 0.0474. The van der Waals surface area contributed by atoms with Crippen LogP contribution in [0.2, 0.25) is 0 Å². The Morgan fingerprint density at radius 2 is 1.43 bits per heavy atom. The number of carboxylic acids is 1. The van der Waals surface area contributed by atoms with Gasteiger partial charge in [0.05, 0.1) is 0 Å². The van der Waals surface area contributed by atoms with Gasteiger partial charge in [0.1, 0.15) is 12.1 Å². The summed E-state index contributed by atoms with van der Waals surface area (Å²) in [6.45, 7) is 4.83. The number of amides is 2. The summed E-state index contributed by atoms with van der Waals surface area (Å²) in [7, 11) is 0. The molecule has 7 nitrogen and oxygen atoms in total. The van der Waals surface area contributed by atoms with Crippen LogP contribution in [0.3, 0.4) is 0 Å². The van der Waals surface area contributed by atoms with Crippen molar-refractivity contribution in [1.82, 2.24) is 10.6 Å². The number of nitrogens with one attached hydrogen (secondary N) is 2. The summed E-state index contributed by atoms with van der Waals surface area (Å²) in [6, 6.07) is 13.5. The summed E-state index contributed by atoms with van der Waals surface area (Å²) < 4.78 is 0. The van der Waals surface area contributed by atoms with E-state index in [2.05, 4.69) is 10.6 Å². The van der Waals surface area contributed by atoms with Crippen LogP contribution in [0.1, 0.15) is 42.3 Å². The van der Waals surface area contributed by atoms with Crippen molar-refractivity contribution in [3.8, 4) is 0 Å². The fraction of sp³-hybridized carbons (Fsp3) is 0.304. The molecule has 30 heavy (non-hydrogen) atoms. The van der Waals surface area contributed by atoms with E-state index in [1.54, 1.807) is 62.4 Å². The zero-order valence-corrected chi connectivity index (χ0v) is 17.2. The van der Waals surface area contributed by atoms with Crippen molar-refractivity contribution in [2.75, 3.05) is 0 Å². The molecule has 2 atom stereocenters. The first-order valence-electron chi connectivity index (χ1n) is 9.68. The Bertz CT molecular complexity index is 907. The normalized spacial score (nSPS) is 12.7. The van der Waals surface area contributed by atoms with Crippen LogP contribution in [0.25, 0.3) is 0 Å². The smallest absolute Gasteiger partial charge is 0.326 e. The third-order valence-electron chi connectivity index (χ3n) is 4.61. The van der Waals surface area contributed by atoms with Gasteiger partial charge in [0.15, 0.2) is 5.78 Å². The molecule has 0 heterocycles.